The van der Waals surface area contributed by atoms with Crippen LogP contribution in [0.4, 0.5) is 5.13 Å². The molecule has 1 aromatic heterocycles. The largest absolute Gasteiger partial charge is 0.496 e. The number of nitrogens with zero attached hydrogens (tertiary/aromatic N) is 3. The summed E-state index contributed by atoms with van der Waals surface area (Å²) in [6.45, 7) is 0.466. The van der Waals surface area contributed by atoms with Gasteiger partial charge in [-0.1, -0.05) is 52.7 Å². The van der Waals surface area contributed by atoms with Crippen molar-refractivity contribution in [2.75, 3.05) is 19.0 Å². The molecule has 0 bridgehead atoms. The molecule has 2 amide bonds. The fraction of sp³-hybridized carbons (Fsp3) is 0.238. The molecule has 1 saturated heterocycles. The van der Waals surface area contributed by atoms with Crippen LogP contribution < -0.4 is 10.1 Å². The first-order valence-electron chi connectivity index (χ1n) is 9.51. The van der Waals surface area contributed by atoms with Crippen molar-refractivity contribution in [1.29, 1.82) is 0 Å². The number of benzene rings is 2. The van der Waals surface area contributed by atoms with Gasteiger partial charge in [0, 0.05) is 17.1 Å². The summed E-state index contributed by atoms with van der Waals surface area (Å²) < 4.78 is 5.29. The van der Waals surface area contributed by atoms with Gasteiger partial charge in [-0.3, -0.25) is 14.9 Å². The molecule has 1 aliphatic rings. The summed E-state index contributed by atoms with van der Waals surface area (Å²) in [5, 5.41) is 12.9. The van der Waals surface area contributed by atoms with Gasteiger partial charge in [-0.2, -0.15) is 0 Å². The van der Waals surface area contributed by atoms with Crippen molar-refractivity contribution in [2.45, 2.75) is 18.9 Å². The maximum Gasteiger partial charge on any atom is 0.258 e. The van der Waals surface area contributed by atoms with Crippen molar-refractivity contribution in [1.82, 2.24) is 15.1 Å². The topological polar surface area (TPSA) is 84.4 Å². The highest BCUT2D eigenvalue weighted by molar-refractivity contribution is 7.18. The van der Waals surface area contributed by atoms with Gasteiger partial charge in [-0.25, -0.2) is 0 Å². The van der Waals surface area contributed by atoms with Gasteiger partial charge in [-0.15, -0.1) is 10.2 Å². The van der Waals surface area contributed by atoms with Crippen molar-refractivity contribution in [3.8, 4) is 16.3 Å². The summed E-state index contributed by atoms with van der Waals surface area (Å²) in [4.78, 5) is 27.6. The molecule has 1 unspecified atom stereocenters. The molecule has 2 aromatic carbocycles. The third-order valence-electron chi connectivity index (χ3n) is 4.97. The number of carbonyl (C=O) groups excluding carboxylic acids is 2. The Kier molecular flexibility index (Phi) is 6.41. The molecule has 3 aromatic rings. The number of anilines is 1. The summed E-state index contributed by atoms with van der Waals surface area (Å²) in [5.41, 5.74) is 1.07. The number of ether oxygens (including phenoxy) is 1. The number of halogens is 2. The third-order valence-corrected chi connectivity index (χ3v) is 6.40. The number of hydrogen-bond acceptors (Lipinski definition) is 6. The van der Waals surface area contributed by atoms with Crippen LogP contribution in [0.5, 0.6) is 5.75 Å². The van der Waals surface area contributed by atoms with Gasteiger partial charge in [-0.05, 0) is 37.1 Å². The number of likely N-dealkylation sites (tertiary alicyclic amines) is 1. The Labute approximate surface area is 192 Å². The van der Waals surface area contributed by atoms with Crippen LogP contribution in [0.2, 0.25) is 10.0 Å². The van der Waals surface area contributed by atoms with Crippen molar-refractivity contribution >= 4 is 51.5 Å². The van der Waals surface area contributed by atoms with Gasteiger partial charge < -0.3 is 9.64 Å². The molecule has 31 heavy (non-hydrogen) atoms. The molecule has 1 atom stereocenters. The van der Waals surface area contributed by atoms with Crippen molar-refractivity contribution in [3.05, 3.63) is 58.1 Å². The number of hydrogen-bond donors (Lipinski definition) is 1. The Balaban J connectivity index is 1.51. The molecule has 0 saturated carbocycles. The van der Waals surface area contributed by atoms with Crippen LogP contribution in [-0.4, -0.2) is 46.6 Å². The molecular formula is C21H18Cl2N4O3S. The molecule has 7 nitrogen and oxygen atoms in total. The average molecular weight is 477 g/mol. The molecular weight excluding hydrogens is 459 g/mol. The van der Waals surface area contributed by atoms with Crippen molar-refractivity contribution < 1.29 is 14.3 Å². The van der Waals surface area contributed by atoms with Crippen molar-refractivity contribution in [2.24, 2.45) is 0 Å². The first-order valence-corrected chi connectivity index (χ1v) is 11.1. The molecule has 160 valence electrons. The first kappa shape index (κ1) is 21.5. The van der Waals surface area contributed by atoms with E-state index >= 15 is 0 Å². The second-order valence-corrected chi connectivity index (χ2v) is 8.70. The second-order valence-electron chi connectivity index (χ2n) is 6.88. The van der Waals surface area contributed by atoms with Gasteiger partial charge >= 0.3 is 0 Å². The Hall–Kier alpha value is -2.68. The minimum Gasteiger partial charge on any atom is -0.496 e. The third kappa shape index (κ3) is 4.51. The van der Waals surface area contributed by atoms with E-state index in [4.69, 9.17) is 27.9 Å². The van der Waals surface area contributed by atoms with Gasteiger partial charge in [0.1, 0.15) is 11.8 Å². The molecule has 0 spiro atoms. The van der Waals surface area contributed by atoms with E-state index in [1.807, 2.05) is 18.2 Å². The van der Waals surface area contributed by atoms with Crippen LogP contribution in [0.1, 0.15) is 23.2 Å². The summed E-state index contributed by atoms with van der Waals surface area (Å²) in [5.74, 6) is -0.200. The normalized spacial score (nSPS) is 15.7. The predicted molar refractivity (Wildman–Crippen MR) is 121 cm³/mol. The molecule has 10 heteroatoms. The van der Waals surface area contributed by atoms with Gasteiger partial charge in [0.15, 0.2) is 5.01 Å². The van der Waals surface area contributed by atoms with Gasteiger partial charge in [0.2, 0.25) is 11.0 Å². The summed E-state index contributed by atoms with van der Waals surface area (Å²) in [7, 11) is 1.49. The molecule has 1 aliphatic heterocycles. The Morgan fingerprint density at radius 1 is 1.19 bits per heavy atom. The maximum atomic E-state index is 13.1. The van der Waals surface area contributed by atoms with Crippen LogP contribution in [0.3, 0.4) is 0 Å². The molecule has 1 N–H and O–H groups in total. The number of methoxy groups -OCH3 is 1. The highest BCUT2D eigenvalue weighted by atomic mass is 35.5. The zero-order valence-electron chi connectivity index (χ0n) is 16.5. The maximum absolute atomic E-state index is 13.1. The van der Waals surface area contributed by atoms with Crippen LogP contribution in [-0.2, 0) is 4.79 Å². The van der Waals surface area contributed by atoms with Crippen LogP contribution in [0.15, 0.2) is 42.5 Å². The summed E-state index contributed by atoms with van der Waals surface area (Å²) in [6, 6.07) is 11.5. The number of rotatable bonds is 5. The number of carbonyl (C=O) groups is 2. The second kappa shape index (κ2) is 9.21. The lowest BCUT2D eigenvalue weighted by atomic mass is 10.1. The van der Waals surface area contributed by atoms with Crippen molar-refractivity contribution in [3.63, 3.8) is 0 Å². The monoisotopic (exact) mass is 476 g/mol. The van der Waals surface area contributed by atoms with E-state index in [0.717, 1.165) is 5.56 Å². The quantitative estimate of drug-likeness (QED) is 0.573. The summed E-state index contributed by atoms with van der Waals surface area (Å²) >= 11 is 13.5. The first-order chi connectivity index (χ1) is 15.0. The smallest absolute Gasteiger partial charge is 0.258 e. The molecule has 4 rings (SSSR count). The van der Waals surface area contributed by atoms with Crippen LogP contribution in [0.25, 0.3) is 10.6 Å². The minimum absolute atomic E-state index is 0.300. The Morgan fingerprint density at radius 3 is 2.77 bits per heavy atom. The Morgan fingerprint density at radius 2 is 2.00 bits per heavy atom. The standard InChI is InChI=1S/C21H18Cl2N4O3S/c1-30-17-9-8-12(22)11-14(17)20(29)27-10-4-7-16(27)18(28)24-21-26-25-19(31-21)13-5-2-3-6-15(13)23/h2-3,5-6,8-9,11,16H,4,7,10H2,1H3,(H,24,26,28). The van der Waals surface area contributed by atoms with E-state index in [1.165, 1.54) is 18.4 Å². The molecule has 1 fully saturated rings. The zero-order chi connectivity index (χ0) is 22.0. The van der Waals surface area contributed by atoms with Gasteiger partial charge in [0.25, 0.3) is 5.91 Å². The van der Waals surface area contributed by atoms with E-state index in [9.17, 15) is 9.59 Å². The number of nitrogens with one attached hydrogen (secondary N) is 1. The SMILES string of the molecule is COc1ccc(Cl)cc1C(=O)N1CCCC1C(=O)Nc1nnc(-c2ccccc2Cl)s1. The fourth-order valence-electron chi connectivity index (χ4n) is 3.49. The van der Waals surface area contributed by atoms with Crippen LogP contribution in [0, 0.1) is 0 Å². The lowest BCUT2D eigenvalue weighted by molar-refractivity contribution is -0.119. The summed E-state index contributed by atoms with van der Waals surface area (Å²) in [6.07, 6.45) is 1.27. The van der Waals surface area contributed by atoms with E-state index in [2.05, 4.69) is 15.5 Å². The minimum atomic E-state index is -0.621. The zero-order valence-corrected chi connectivity index (χ0v) is 18.8. The van der Waals surface area contributed by atoms with E-state index < -0.39 is 6.04 Å². The van der Waals surface area contributed by atoms with Crippen LogP contribution >= 0.6 is 34.5 Å². The Bertz CT molecular complexity index is 1140. The highest BCUT2D eigenvalue weighted by Crippen LogP contribution is 2.32. The molecule has 0 radical (unpaired) electrons. The highest BCUT2D eigenvalue weighted by Gasteiger charge is 2.36. The average Bonchev–Trinajstić information content (AvgIpc) is 3.43. The fourth-order valence-corrected chi connectivity index (χ4v) is 4.73. The van der Waals surface area contributed by atoms with E-state index in [0.29, 0.717) is 50.9 Å². The lowest BCUT2D eigenvalue weighted by Crippen LogP contribution is -2.43. The molecule has 2 heterocycles. The van der Waals surface area contributed by atoms with E-state index in [-0.39, 0.29) is 11.8 Å². The lowest BCUT2D eigenvalue weighted by Gasteiger charge is -2.24. The number of aromatic nitrogens is 2. The van der Waals surface area contributed by atoms with Gasteiger partial charge in [0.05, 0.1) is 17.7 Å². The van der Waals surface area contributed by atoms with E-state index in [1.54, 1.807) is 29.2 Å². The molecule has 0 aliphatic carbocycles. The predicted octanol–water partition coefficient (Wildman–Crippen LogP) is 4.76. The number of amides is 2.